The Labute approximate surface area is 244 Å². The first-order chi connectivity index (χ1) is 20.0. The van der Waals surface area contributed by atoms with Gasteiger partial charge in [0.1, 0.15) is 12.4 Å². The number of aliphatic hydroxyl groups is 1. The Kier molecular flexibility index (Phi) is 11.2. The summed E-state index contributed by atoms with van der Waals surface area (Å²) >= 11 is 0. The molecule has 0 aliphatic heterocycles. The van der Waals surface area contributed by atoms with Crippen LogP contribution in [-0.4, -0.2) is 30.9 Å². The molecule has 41 heavy (non-hydrogen) atoms. The van der Waals surface area contributed by atoms with Crippen molar-refractivity contribution in [3.05, 3.63) is 102 Å². The molecule has 4 aromatic rings. The van der Waals surface area contributed by atoms with Crippen LogP contribution in [0.2, 0.25) is 0 Å². The van der Waals surface area contributed by atoms with Gasteiger partial charge in [-0.15, -0.1) is 0 Å². The van der Waals surface area contributed by atoms with E-state index in [1.165, 1.54) is 46.7 Å². The topological polar surface area (TPSA) is 55.8 Å². The lowest BCUT2D eigenvalue weighted by Gasteiger charge is -2.14. The molecule has 0 bridgehead atoms. The van der Waals surface area contributed by atoms with E-state index in [0.717, 1.165) is 28.9 Å². The van der Waals surface area contributed by atoms with Crippen LogP contribution in [0.25, 0.3) is 33.0 Å². The molecule has 0 radical (unpaired) electrons. The van der Waals surface area contributed by atoms with Gasteiger partial charge in [-0.25, -0.2) is 4.79 Å². The van der Waals surface area contributed by atoms with Crippen LogP contribution in [0.5, 0.6) is 5.75 Å². The lowest BCUT2D eigenvalue weighted by molar-refractivity contribution is -0.139. The summed E-state index contributed by atoms with van der Waals surface area (Å²) in [7, 11) is 0. The van der Waals surface area contributed by atoms with Crippen molar-refractivity contribution < 1.29 is 19.4 Å². The summed E-state index contributed by atoms with van der Waals surface area (Å²) in [5.74, 6) is 0.407. The van der Waals surface area contributed by atoms with E-state index < -0.39 is 0 Å². The van der Waals surface area contributed by atoms with E-state index in [9.17, 15) is 9.90 Å². The van der Waals surface area contributed by atoms with E-state index in [2.05, 4.69) is 80.2 Å². The van der Waals surface area contributed by atoms with E-state index in [1.807, 2.05) is 19.1 Å². The maximum atomic E-state index is 11.9. The van der Waals surface area contributed by atoms with Crippen molar-refractivity contribution >= 4 is 16.7 Å². The summed E-state index contributed by atoms with van der Waals surface area (Å²) in [6, 6.07) is 28.3. The second-order valence-corrected chi connectivity index (χ2v) is 10.5. The summed E-state index contributed by atoms with van der Waals surface area (Å²) in [5, 5.41) is 11.8. The number of aryl methyl sites for hydroxylation is 2. The van der Waals surface area contributed by atoms with Crippen LogP contribution in [0.4, 0.5) is 0 Å². The molecular formula is C37H42O4. The molecule has 214 valence electrons. The van der Waals surface area contributed by atoms with Gasteiger partial charge in [0.15, 0.2) is 0 Å². The maximum Gasteiger partial charge on any atom is 0.333 e. The van der Waals surface area contributed by atoms with Crippen molar-refractivity contribution in [2.45, 2.75) is 58.8 Å². The molecule has 4 heteroatoms. The number of rotatable bonds is 15. The van der Waals surface area contributed by atoms with Crippen molar-refractivity contribution in [2.75, 3.05) is 19.8 Å². The Bertz CT molecular complexity index is 1450. The molecule has 0 saturated heterocycles. The lowest BCUT2D eigenvalue weighted by Crippen LogP contribution is -2.09. The quantitative estimate of drug-likeness (QED) is 0.0913. The van der Waals surface area contributed by atoms with Gasteiger partial charge in [0.05, 0.1) is 13.2 Å². The number of unbranched alkanes of at least 4 members (excludes halogenated alkanes) is 2. The Morgan fingerprint density at radius 3 is 2.10 bits per heavy atom. The minimum Gasteiger partial charge on any atom is -0.491 e. The Morgan fingerprint density at radius 2 is 1.39 bits per heavy atom. The van der Waals surface area contributed by atoms with Crippen molar-refractivity contribution in [3.8, 4) is 28.0 Å². The van der Waals surface area contributed by atoms with Gasteiger partial charge in [-0.1, -0.05) is 93.9 Å². The molecule has 0 fully saturated rings. The maximum absolute atomic E-state index is 11.9. The minimum absolute atomic E-state index is 0.0473. The molecule has 4 aromatic carbocycles. The van der Waals surface area contributed by atoms with Crippen molar-refractivity contribution in [2.24, 2.45) is 0 Å². The van der Waals surface area contributed by atoms with E-state index in [4.69, 9.17) is 9.47 Å². The molecule has 0 atom stereocenters. The third-order valence-corrected chi connectivity index (χ3v) is 7.47. The fourth-order valence-electron chi connectivity index (χ4n) is 4.99. The highest BCUT2D eigenvalue weighted by Gasteiger charge is 2.10. The first kappa shape index (κ1) is 30.1. The van der Waals surface area contributed by atoms with E-state index in [-0.39, 0.29) is 19.2 Å². The first-order valence-corrected chi connectivity index (χ1v) is 14.9. The number of aliphatic hydroxyl groups excluding tert-OH is 1. The Balaban J connectivity index is 1.47. The highest BCUT2D eigenvalue weighted by Crippen LogP contribution is 2.31. The predicted molar refractivity (Wildman–Crippen MR) is 169 cm³/mol. The van der Waals surface area contributed by atoms with Gasteiger partial charge < -0.3 is 14.6 Å². The summed E-state index contributed by atoms with van der Waals surface area (Å²) < 4.78 is 11.1. The monoisotopic (exact) mass is 550 g/mol. The number of hydrogen-bond acceptors (Lipinski definition) is 4. The Hall–Kier alpha value is -3.89. The van der Waals surface area contributed by atoms with Crippen LogP contribution in [0.1, 0.15) is 57.1 Å². The number of benzene rings is 4. The first-order valence-electron chi connectivity index (χ1n) is 14.9. The minimum atomic E-state index is -0.336. The molecular weight excluding hydrogens is 508 g/mol. The van der Waals surface area contributed by atoms with Gasteiger partial charge in [0.2, 0.25) is 0 Å². The predicted octanol–water partition coefficient (Wildman–Crippen LogP) is 8.72. The van der Waals surface area contributed by atoms with Crippen molar-refractivity contribution in [1.82, 2.24) is 0 Å². The third-order valence-electron chi connectivity index (χ3n) is 7.47. The fourth-order valence-corrected chi connectivity index (χ4v) is 4.99. The molecule has 0 aromatic heterocycles. The summed E-state index contributed by atoms with van der Waals surface area (Å²) in [5.41, 5.74) is 7.52. The SMILES string of the molecule is C=C(CC)C(=O)OCCCc1cc(-c2ccc(-c3ccc4cc(CCCCC)ccc4c3)cc2)ccc1OCCO. The standard InChI is InChI=1S/C37H42O4/c1-4-6-7-9-28-11-12-34-25-32(18-17-31(34)24-28)29-13-15-30(16-14-29)33-19-20-36(40-23-21-38)35(26-33)10-8-22-41-37(39)27(3)5-2/h11-20,24-26,38H,3-10,21-23H2,1-2H3. The van der Waals surface area contributed by atoms with Crippen LogP contribution in [0, 0.1) is 0 Å². The molecule has 0 aliphatic rings. The number of esters is 1. The number of hydrogen-bond donors (Lipinski definition) is 1. The molecule has 0 unspecified atom stereocenters. The number of fused-ring (bicyclic) bond motifs is 1. The van der Waals surface area contributed by atoms with Gasteiger partial charge in [-0.05, 0) is 94.5 Å². The molecule has 0 aliphatic carbocycles. The number of carbonyl (C=O) groups is 1. The molecule has 0 amide bonds. The molecule has 4 nitrogen and oxygen atoms in total. The fraction of sp³-hybridized carbons (Fsp3) is 0.324. The molecule has 0 heterocycles. The number of ether oxygens (including phenoxy) is 2. The average molecular weight is 551 g/mol. The van der Waals surface area contributed by atoms with Gasteiger partial charge in [-0.2, -0.15) is 0 Å². The smallest absolute Gasteiger partial charge is 0.333 e. The normalized spacial score (nSPS) is 11.0. The molecule has 0 spiro atoms. The van der Waals surface area contributed by atoms with Crippen LogP contribution < -0.4 is 4.74 Å². The molecule has 4 rings (SSSR count). The van der Waals surface area contributed by atoms with Crippen LogP contribution in [-0.2, 0) is 22.4 Å². The lowest BCUT2D eigenvalue weighted by atomic mass is 9.96. The second kappa shape index (κ2) is 15.2. The van der Waals surface area contributed by atoms with E-state index in [0.29, 0.717) is 31.4 Å². The largest absolute Gasteiger partial charge is 0.491 e. The highest BCUT2D eigenvalue weighted by atomic mass is 16.5. The van der Waals surface area contributed by atoms with Gasteiger partial charge in [0, 0.05) is 5.57 Å². The van der Waals surface area contributed by atoms with Crippen LogP contribution >= 0.6 is 0 Å². The summed E-state index contributed by atoms with van der Waals surface area (Å²) in [4.78, 5) is 11.9. The Morgan fingerprint density at radius 1 is 0.732 bits per heavy atom. The van der Waals surface area contributed by atoms with Crippen LogP contribution in [0.3, 0.4) is 0 Å². The zero-order valence-electron chi connectivity index (χ0n) is 24.5. The van der Waals surface area contributed by atoms with Gasteiger partial charge in [-0.3, -0.25) is 0 Å². The van der Waals surface area contributed by atoms with Gasteiger partial charge >= 0.3 is 5.97 Å². The average Bonchev–Trinajstić information content (AvgIpc) is 3.01. The van der Waals surface area contributed by atoms with Crippen molar-refractivity contribution in [1.29, 1.82) is 0 Å². The molecule has 1 N–H and O–H groups in total. The zero-order chi connectivity index (χ0) is 29.0. The van der Waals surface area contributed by atoms with E-state index in [1.54, 1.807) is 0 Å². The third kappa shape index (κ3) is 8.31. The molecule has 0 saturated carbocycles. The second-order valence-electron chi connectivity index (χ2n) is 10.5. The van der Waals surface area contributed by atoms with Crippen molar-refractivity contribution in [3.63, 3.8) is 0 Å². The summed E-state index contributed by atoms with van der Waals surface area (Å²) in [6.07, 6.45) is 6.86. The highest BCUT2D eigenvalue weighted by molar-refractivity contribution is 5.88. The van der Waals surface area contributed by atoms with Crippen LogP contribution in [0.15, 0.2) is 91.0 Å². The van der Waals surface area contributed by atoms with Gasteiger partial charge in [0.25, 0.3) is 0 Å². The zero-order valence-corrected chi connectivity index (χ0v) is 24.5. The van der Waals surface area contributed by atoms with E-state index >= 15 is 0 Å². The summed E-state index contributed by atoms with van der Waals surface area (Å²) in [6.45, 7) is 8.38. The number of carbonyl (C=O) groups excluding carboxylic acids is 1.